The quantitative estimate of drug-likeness (QED) is 0.347. The molecule has 9 nitrogen and oxygen atoms in total. The van der Waals surface area contributed by atoms with Crippen molar-refractivity contribution in [1.29, 1.82) is 0 Å². The first-order valence-corrected chi connectivity index (χ1v) is 12.3. The van der Waals surface area contributed by atoms with Gasteiger partial charge in [-0.1, -0.05) is 29.5 Å². The molecule has 0 aliphatic carbocycles. The molecule has 0 saturated heterocycles. The summed E-state index contributed by atoms with van der Waals surface area (Å²) in [5, 5.41) is 0. The predicted octanol–water partition coefficient (Wildman–Crippen LogP) is 2.74. The van der Waals surface area contributed by atoms with Crippen LogP contribution in [0, 0.1) is 0 Å². The van der Waals surface area contributed by atoms with Gasteiger partial charge in [0.05, 0.1) is 42.7 Å². The molecular weight excluding hydrogens is 496 g/mol. The van der Waals surface area contributed by atoms with E-state index in [4.69, 9.17) is 18.9 Å². The normalized spacial score (nSPS) is 15.1. The van der Waals surface area contributed by atoms with Crippen molar-refractivity contribution >= 4 is 29.4 Å². The van der Waals surface area contributed by atoms with E-state index in [1.165, 1.54) is 37.0 Å². The Morgan fingerprint density at radius 2 is 1.84 bits per heavy atom. The Morgan fingerprint density at radius 1 is 1.11 bits per heavy atom. The van der Waals surface area contributed by atoms with Gasteiger partial charge in [0.15, 0.2) is 16.3 Å². The number of esters is 2. The van der Waals surface area contributed by atoms with Crippen molar-refractivity contribution in [3.8, 4) is 17.2 Å². The molecule has 0 bridgehead atoms. The lowest BCUT2D eigenvalue weighted by molar-refractivity contribution is -0.136. The van der Waals surface area contributed by atoms with E-state index < -0.39 is 18.0 Å². The number of aromatic nitrogens is 1. The summed E-state index contributed by atoms with van der Waals surface area (Å²) in [6.45, 7) is 5.46. The van der Waals surface area contributed by atoms with Crippen molar-refractivity contribution in [1.82, 2.24) is 4.57 Å². The van der Waals surface area contributed by atoms with E-state index in [1.807, 2.05) is 31.2 Å². The summed E-state index contributed by atoms with van der Waals surface area (Å²) >= 11 is 1.23. The first-order chi connectivity index (χ1) is 17.8. The molecule has 0 radical (unpaired) electrons. The number of fused-ring (bicyclic) bond motifs is 1. The Labute approximate surface area is 216 Å². The monoisotopic (exact) mass is 522 g/mol. The fraction of sp³-hybridized carbons (Fsp3) is 0.259. The Kier molecular flexibility index (Phi) is 7.58. The maximum atomic E-state index is 13.7. The zero-order valence-electron chi connectivity index (χ0n) is 21.1. The zero-order chi connectivity index (χ0) is 26.7. The second-order valence-corrected chi connectivity index (χ2v) is 9.09. The summed E-state index contributed by atoms with van der Waals surface area (Å²) in [5.41, 5.74) is 1.75. The number of thiazole rings is 1. The number of hydrogen-bond donors (Lipinski definition) is 0. The number of nitrogens with zero attached hydrogens (tertiary/aromatic N) is 2. The lowest BCUT2D eigenvalue weighted by Crippen LogP contribution is -2.39. The number of allylic oxidation sites excluding steroid dienone is 1. The third kappa shape index (κ3) is 5.19. The molecule has 3 aromatic rings. The Balaban J connectivity index is 1.90. The van der Waals surface area contributed by atoms with Gasteiger partial charge in [-0.2, -0.15) is 0 Å². The van der Waals surface area contributed by atoms with E-state index in [-0.39, 0.29) is 22.6 Å². The molecule has 2 heterocycles. The van der Waals surface area contributed by atoms with Gasteiger partial charge in [0, 0.05) is 6.92 Å². The van der Waals surface area contributed by atoms with Gasteiger partial charge >= 0.3 is 11.9 Å². The van der Waals surface area contributed by atoms with Crippen molar-refractivity contribution in [3.63, 3.8) is 0 Å². The van der Waals surface area contributed by atoms with E-state index in [2.05, 4.69) is 4.99 Å². The van der Waals surface area contributed by atoms with Gasteiger partial charge in [-0.25, -0.2) is 9.79 Å². The topological polar surface area (TPSA) is 105 Å². The molecular formula is C27H26N2O7S. The SMILES string of the molecule is CCOc1ccc(C=c2sc3n(c2=O)C(c2ccc(OC(C)=O)c(OC)c2)C(C(=O)OC)=C(C)N=3)cc1. The van der Waals surface area contributed by atoms with Crippen LogP contribution in [0.3, 0.4) is 0 Å². The van der Waals surface area contributed by atoms with Crippen molar-refractivity contribution in [2.75, 3.05) is 20.8 Å². The van der Waals surface area contributed by atoms with E-state index in [9.17, 15) is 14.4 Å². The Hall–Kier alpha value is -4.18. The first kappa shape index (κ1) is 25.9. The minimum atomic E-state index is -0.827. The number of benzene rings is 2. The third-order valence-corrected chi connectivity index (χ3v) is 6.66. The molecule has 2 aromatic carbocycles. The molecule has 37 heavy (non-hydrogen) atoms. The highest BCUT2D eigenvalue weighted by molar-refractivity contribution is 7.07. The number of rotatable bonds is 7. The van der Waals surface area contributed by atoms with Crippen LogP contribution in [0.4, 0.5) is 0 Å². The van der Waals surface area contributed by atoms with E-state index in [0.29, 0.717) is 27.2 Å². The maximum Gasteiger partial charge on any atom is 0.338 e. The molecule has 0 amide bonds. The molecule has 1 aliphatic heterocycles. The lowest BCUT2D eigenvalue weighted by Gasteiger charge is -2.25. The van der Waals surface area contributed by atoms with Crippen molar-refractivity contribution in [2.45, 2.75) is 26.8 Å². The molecule has 0 saturated carbocycles. The zero-order valence-corrected chi connectivity index (χ0v) is 21.9. The highest BCUT2D eigenvalue weighted by Crippen LogP contribution is 2.36. The molecule has 192 valence electrons. The molecule has 10 heteroatoms. The van der Waals surface area contributed by atoms with Crippen molar-refractivity contribution in [3.05, 3.63) is 84.5 Å². The average Bonchev–Trinajstić information content (AvgIpc) is 3.18. The lowest BCUT2D eigenvalue weighted by atomic mass is 9.95. The first-order valence-electron chi connectivity index (χ1n) is 11.5. The molecule has 1 aromatic heterocycles. The van der Waals surface area contributed by atoms with Crippen molar-refractivity contribution < 1.29 is 28.5 Å². The average molecular weight is 523 g/mol. The van der Waals surface area contributed by atoms with Gasteiger partial charge in [0.25, 0.3) is 5.56 Å². The van der Waals surface area contributed by atoms with Crippen LogP contribution in [-0.4, -0.2) is 37.3 Å². The Bertz CT molecular complexity index is 1570. The van der Waals surface area contributed by atoms with Crippen LogP contribution in [0.1, 0.15) is 37.9 Å². The van der Waals surface area contributed by atoms with Crippen LogP contribution in [0.5, 0.6) is 17.2 Å². The van der Waals surface area contributed by atoms with Crippen LogP contribution in [-0.2, 0) is 14.3 Å². The van der Waals surface area contributed by atoms with E-state index in [1.54, 1.807) is 31.2 Å². The number of methoxy groups -OCH3 is 2. The third-order valence-electron chi connectivity index (χ3n) is 5.67. The molecule has 1 unspecified atom stereocenters. The fourth-order valence-electron chi connectivity index (χ4n) is 4.08. The van der Waals surface area contributed by atoms with Crippen LogP contribution >= 0.6 is 11.3 Å². The summed E-state index contributed by atoms with van der Waals surface area (Å²) in [6.07, 6.45) is 1.78. The summed E-state index contributed by atoms with van der Waals surface area (Å²) in [5.74, 6) is 0.144. The van der Waals surface area contributed by atoms with E-state index >= 15 is 0 Å². The number of hydrogen-bond acceptors (Lipinski definition) is 9. The van der Waals surface area contributed by atoms with Crippen LogP contribution in [0.2, 0.25) is 0 Å². The van der Waals surface area contributed by atoms with E-state index in [0.717, 1.165) is 11.3 Å². The minimum absolute atomic E-state index is 0.224. The molecule has 0 spiro atoms. The van der Waals surface area contributed by atoms with Gasteiger partial charge in [-0.15, -0.1) is 0 Å². The molecule has 4 rings (SSSR count). The van der Waals surface area contributed by atoms with Gasteiger partial charge in [0.1, 0.15) is 5.75 Å². The highest BCUT2D eigenvalue weighted by atomic mass is 32.1. The van der Waals surface area contributed by atoms with Gasteiger partial charge in [-0.3, -0.25) is 14.2 Å². The molecule has 0 fully saturated rings. The smallest absolute Gasteiger partial charge is 0.338 e. The molecule has 1 aliphatic rings. The summed E-state index contributed by atoms with van der Waals surface area (Å²) < 4.78 is 23.1. The number of carbonyl (C=O) groups excluding carboxylic acids is 2. The second-order valence-electron chi connectivity index (χ2n) is 8.08. The van der Waals surface area contributed by atoms with Gasteiger partial charge in [0.2, 0.25) is 0 Å². The number of ether oxygens (including phenoxy) is 4. The predicted molar refractivity (Wildman–Crippen MR) is 138 cm³/mol. The van der Waals surface area contributed by atoms with Gasteiger partial charge in [-0.05, 0) is 55.3 Å². The summed E-state index contributed by atoms with van der Waals surface area (Å²) in [7, 11) is 2.72. The highest BCUT2D eigenvalue weighted by Gasteiger charge is 2.33. The minimum Gasteiger partial charge on any atom is -0.494 e. The van der Waals surface area contributed by atoms with Crippen LogP contribution < -0.4 is 29.1 Å². The molecule has 1 atom stereocenters. The standard InChI is InChI=1S/C27H26N2O7S/c1-6-35-19-10-7-17(8-11-19)13-22-25(31)29-24(23(26(32)34-5)15(2)28-27(29)37-22)18-9-12-20(36-16(3)30)21(14-18)33-4/h7-14,24H,6H2,1-5H3. The fourth-order valence-corrected chi connectivity index (χ4v) is 5.13. The largest absolute Gasteiger partial charge is 0.494 e. The second kappa shape index (κ2) is 10.8. The van der Waals surface area contributed by atoms with Crippen molar-refractivity contribution in [2.24, 2.45) is 4.99 Å². The van der Waals surface area contributed by atoms with Crippen LogP contribution in [0.25, 0.3) is 6.08 Å². The number of carbonyl (C=O) groups is 2. The summed E-state index contributed by atoms with van der Waals surface area (Å²) in [6, 6.07) is 11.5. The Morgan fingerprint density at radius 3 is 2.46 bits per heavy atom. The maximum absolute atomic E-state index is 13.7. The summed E-state index contributed by atoms with van der Waals surface area (Å²) in [4.78, 5) is 43.0. The molecule has 0 N–H and O–H groups in total. The van der Waals surface area contributed by atoms with Gasteiger partial charge < -0.3 is 18.9 Å². The van der Waals surface area contributed by atoms with Crippen LogP contribution in [0.15, 0.2) is 63.5 Å².